The summed E-state index contributed by atoms with van der Waals surface area (Å²) in [5.41, 5.74) is -0.108. The molecule has 0 saturated carbocycles. The summed E-state index contributed by atoms with van der Waals surface area (Å²) in [6.45, 7) is 0.482. The Morgan fingerprint density at radius 2 is 2.22 bits per heavy atom. The maximum Gasteiger partial charge on any atom is 0.311 e. The highest BCUT2D eigenvalue weighted by Gasteiger charge is 2.32. The maximum atomic E-state index is 12.0. The Kier molecular flexibility index (Phi) is 3.15. The van der Waals surface area contributed by atoms with Crippen LogP contribution in [0.2, 0.25) is 0 Å². The zero-order valence-electron chi connectivity index (χ0n) is 9.70. The van der Waals surface area contributed by atoms with E-state index in [-0.39, 0.29) is 36.0 Å². The highest BCUT2D eigenvalue weighted by Crippen LogP contribution is 2.32. The molecule has 1 N–H and O–H groups in total. The van der Waals surface area contributed by atoms with Gasteiger partial charge in [-0.3, -0.25) is 14.9 Å². The number of β-amino-alcohol motifs (C(OH)–C–C–N with tert-alkyl or cyclic N) is 1. The number of likely N-dealkylation sites (tertiary alicyclic amines) is 1. The molecular weight excluding hydrogens is 240 g/mol. The molecule has 1 heterocycles. The smallest absolute Gasteiger partial charge is 0.311 e. The minimum absolute atomic E-state index is 0.0473. The van der Waals surface area contributed by atoms with Crippen LogP contribution >= 0.6 is 0 Å². The summed E-state index contributed by atoms with van der Waals surface area (Å²) in [7, 11) is 1.28. The lowest BCUT2D eigenvalue weighted by molar-refractivity contribution is -0.385. The lowest BCUT2D eigenvalue weighted by Gasteiger charge is -2.36. The van der Waals surface area contributed by atoms with Crippen molar-refractivity contribution < 1.29 is 19.6 Å². The van der Waals surface area contributed by atoms with E-state index in [0.717, 1.165) is 0 Å². The normalized spacial score (nSPS) is 15.1. The van der Waals surface area contributed by atoms with E-state index < -0.39 is 11.0 Å². The van der Waals surface area contributed by atoms with Gasteiger partial charge in [-0.05, 0) is 6.07 Å². The molecule has 18 heavy (non-hydrogen) atoms. The quantitative estimate of drug-likeness (QED) is 0.621. The Bertz CT molecular complexity index is 496. The average Bonchev–Trinajstić information content (AvgIpc) is 2.33. The first kappa shape index (κ1) is 12.3. The van der Waals surface area contributed by atoms with Gasteiger partial charge in [-0.1, -0.05) is 6.07 Å². The van der Waals surface area contributed by atoms with E-state index in [9.17, 15) is 14.9 Å². The summed E-state index contributed by atoms with van der Waals surface area (Å²) in [4.78, 5) is 23.7. The fourth-order valence-electron chi connectivity index (χ4n) is 1.84. The number of benzene rings is 1. The van der Waals surface area contributed by atoms with Crippen molar-refractivity contribution in [2.24, 2.45) is 0 Å². The Morgan fingerprint density at radius 3 is 2.72 bits per heavy atom. The van der Waals surface area contributed by atoms with Crippen molar-refractivity contribution in [2.75, 3.05) is 20.2 Å². The van der Waals surface area contributed by atoms with Crippen LogP contribution in [0.1, 0.15) is 10.4 Å². The average molecular weight is 252 g/mol. The van der Waals surface area contributed by atoms with Gasteiger partial charge in [0, 0.05) is 19.2 Å². The van der Waals surface area contributed by atoms with Crippen LogP contribution in [0, 0.1) is 10.1 Å². The number of nitro groups is 1. The number of hydrogen-bond acceptors (Lipinski definition) is 5. The van der Waals surface area contributed by atoms with Crippen LogP contribution in [0.3, 0.4) is 0 Å². The molecule has 1 aliphatic rings. The Balaban J connectivity index is 2.35. The number of para-hydroxylation sites is 1. The molecule has 0 aliphatic carbocycles. The number of methoxy groups -OCH3 is 1. The molecule has 0 unspecified atom stereocenters. The summed E-state index contributed by atoms with van der Waals surface area (Å²) in [6.07, 6.45) is -0.515. The molecule has 7 nitrogen and oxygen atoms in total. The van der Waals surface area contributed by atoms with Crippen LogP contribution < -0.4 is 4.74 Å². The van der Waals surface area contributed by atoms with Crippen molar-refractivity contribution in [1.82, 2.24) is 4.90 Å². The fourth-order valence-corrected chi connectivity index (χ4v) is 1.84. The second kappa shape index (κ2) is 4.61. The van der Waals surface area contributed by atoms with Crippen molar-refractivity contribution in [3.8, 4) is 5.75 Å². The van der Waals surface area contributed by atoms with Gasteiger partial charge in [0.25, 0.3) is 5.91 Å². The molecule has 0 radical (unpaired) electrons. The third-order valence-corrected chi connectivity index (χ3v) is 2.77. The van der Waals surface area contributed by atoms with Crippen LogP contribution in [0.5, 0.6) is 5.75 Å². The summed E-state index contributed by atoms with van der Waals surface area (Å²) in [6, 6.07) is 4.18. The van der Waals surface area contributed by atoms with Gasteiger partial charge in [0.15, 0.2) is 0 Å². The number of nitro benzene ring substituents is 1. The van der Waals surface area contributed by atoms with Gasteiger partial charge in [0.05, 0.1) is 23.7 Å². The summed E-state index contributed by atoms with van der Waals surface area (Å²) >= 11 is 0. The third-order valence-electron chi connectivity index (χ3n) is 2.77. The Hall–Kier alpha value is -2.15. The van der Waals surface area contributed by atoms with E-state index in [1.54, 1.807) is 0 Å². The number of amides is 1. The van der Waals surface area contributed by atoms with E-state index in [2.05, 4.69) is 0 Å². The predicted octanol–water partition coefficient (Wildman–Crippen LogP) is 0.420. The minimum atomic E-state index is -0.597. The SMILES string of the molecule is COc1c(C(=O)N2CC(O)C2)cccc1[N+](=O)[O-]. The minimum Gasteiger partial charge on any atom is -0.490 e. The molecule has 7 heteroatoms. The molecule has 1 aliphatic heterocycles. The zero-order chi connectivity index (χ0) is 13.3. The molecule has 1 saturated heterocycles. The van der Waals surface area contributed by atoms with E-state index >= 15 is 0 Å². The van der Waals surface area contributed by atoms with Crippen molar-refractivity contribution in [3.63, 3.8) is 0 Å². The summed E-state index contributed by atoms with van der Waals surface area (Å²) in [5.74, 6) is -0.422. The first-order valence-electron chi connectivity index (χ1n) is 5.33. The highest BCUT2D eigenvalue weighted by molar-refractivity contribution is 5.98. The molecule has 1 aromatic rings. The number of rotatable bonds is 3. The molecule has 0 spiro atoms. The van der Waals surface area contributed by atoms with Gasteiger partial charge in [-0.25, -0.2) is 0 Å². The number of carbonyl (C=O) groups is 1. The standard InChI is InChI=1S/C11H12N2O5/c1-18-10-8(3-2-4-9(10)13(16)17)11(15)12-5-7(14)6-12/h2-4,7,14H,5-6H2,1H3. The van der Waals surface area contributed by atoms with Gasteiger partial charge in [-0.15, -0.1) is 0 Å². The van der Waals surface area contributed by atoms with Crippen LogP contribution in [0.25, 0.3) is 0 Å². The van der Waals surface area contributed by atoms with Crippen LogP contribution in [0.15, 0.2) is 18.2 Å². The summed E-state index contributed by atoms with van der Waals surface area (Å²) in [5, 5.41) is 20.0. The predicted molar refractivity (Wildman–Crippen MR) is 61.6 cm³/mol. The Labute approximate surface area is 103 Å². The number of aliphatic hydroxyl groups excluding tert-OH is 1. The van der Waals surface area contributed by atoms with Crippen LogP contribution in [-0.2, 0) is 0 Å². The van der Waals surface area contributed by atoms with E-state index in [1.807, 2.05) is 0 Å². The van der Waals surface area contributed by atoms with Gasteiger partial charge < -0.3 is 14.7 Å². The van der Waals surface area contributed by atoms with Crippen LogP contribution in [-0.4, -0.2) is 47.1 Å². The molecule has 1 fully saturated rings. The molecule has 0 bridgehead atoms. The molecule has 0 aromatic heterocycles. The molecule has 1 aromatic carbocycles. The van der Waals surface area contributed by atoms with E-state index in [0.29, 0.717) is 0 Å². The topological polar surface area (TPSA) is 92.9 Å². The number of aliphatic hydroxyl groups is 1. The second-order valence-electron chi connectivity index (χ2n) is 3.98. The number of ether oxygens (including phenoxy) is 1. The molecule has 2 rings (SSSR count). The molecular formula is C11H12N2O5. The van der Waals surface area contributed by atoms with E-state index in [1.165, 1.54) is 30.2 Å². The van der Waals surface area contributed by atoms with E-state index in [4.69, 9.17) is 9.84 Å². The number of nitrogens with zero attached hydrogens (tertiary/aromatic N) is 2. The van der Waals surface area contributed by atoms with Crippen molar-refractivity contribution in [1.29, 1.82) is 0 Å². The molecule has 96 valence electrons. The number of hydrogen-bond donors (Lipinski definition) is 1. The fraction of sp³-hybridized carbons (Fsp3) is 0.364. The summed E-state index contributed by atoms with van der Waals surface area (Å²) < 4.78 is 4.95. The first-order chi connectivity index (χ1) is 8.54. The van der Waals surface area contributed by atoms with Crippen molar-refractivity contribution in [3.05, 3.63) is 33.9 Å². The maximum absolute atomic E-state index is 12.0. The number of carbonyl (C=O) groups excluding carboxylic acids is 1. The first-order valence-corrected chi connectivity index (χ1v) is 5.33. The monoisotopic (exact) mass is 252 g/mol. The highest BCUT2D eigenvalue weighted by atomic mass is 16.6. The molecule has 0 atom stereocenters. The van der Waals surface area contributed by atoms with Gasteiger partial charge in [0.1, 0.15) is 0 Å². The van der Waals surface area contributed by atoms with Gasteiger partial charge >= 0.3 is 5.69 Å². The Morgan fingerprint density at radius 1 is 1.56 bits per heavy atom. The van der Waals surface area contributed by atoms with Crippen molar-refractivity contribution >= 4 is 11.6 Å². The van der Waals surface area contributed by atoms with Crippen LogP contribution in [0.4, 0.5) is 5.69 Å². The van der Waals surface area contributed by atoms with Gasteiger partial charge in [0.2, 0.25) is 5.75 Å². The van der Waals surface area contributed by atoms with Crippen molar-refractivity contribution in [2.45, 2.75) is 6.10 Å². The van der Waals surface area contributed by atoms with Gasteiger partial charge in [-0.2, -0.15) is 0 Å². The lowest BCUT2D eigenvalue weighted by Crippen LogP contribution is -2.53. The lowest BCUT2D eigenvalue weighted by atomic mass is 10.1. The largest absolute Gasteiger partial charge is 0.490 e. The molecule has 1 amide bonds. The second-order valence-corrected chi connectivity index (χ2v) is 3.98. The zero-order valence-corrected chi connectivity index (χ0v) is 9.70. The third kappa shape index (κ3) is 2.00.